The molecule has 32 heavy (non-hydrogen) atoms. The number of ether oxygens (including phenoxy) is 1. The van der Waals surface area contributed by atoms with Gasteiger partial charge in [-0.05, 0) is 45.1 Å². The third kappa shape index (κ3) is 4.84. The third-order valence-corrected chi connectivity index (χ3v) is 7.16. The van der Waals surface area contributed by atoms with Gasteiger partial charge in [0.15, 0.2) is 0 Å². The van der Waals surface area contributed by atoms with Crippen LogP contribution in [0.2, 0.25) is 0 Å². The summed E-state index contributed by atoms with van der Waals surface area (Å²) in [5, 5.41) is 17.4. The van der Waals surface area contributed by atoms with Gasteiger partial charge in [0.05, 0.1) is 33.8 Å². The van der Waals surface area contributed by atoms with Crippen molar-refractivity contribution < 1.29 is 9.84 Å². The normalized spacial score (nSPS) is 15.7. The lowest BCUT2D eigenvalue weighted by Gasteiger charge is -2.19. The van der Waals surface area contributed by atoms with Crippen LogP contribution in [0.3, 0.4) is 0 Å². The summed E-state index contributed by atoms with van der Waals surface area (Å²) in [7, 11) is 1.72. The Hall–Kier alpha value is -2.36. The Bertz CT molecular complexity index is 1080. The number of methoxy groups -OCH3 is 1. The van der Waals surface area contributed by atoms with Gasteiger partial charge in [-0.25, -0.2) is 9.97 Å². The monoisotopic (exact) mass is 456 g/mol. The Labute approximate surface area is 192 Å². The van der Waals surface area contributed by atoms with Crippen LogP contribution >= 0.6 is 11.3 Å². The molecule has 0 aliphatic heterocycles. The van der Waals surface area contributed by atoms with Crippen LogP contribution in [0.25, 0.3) is 20.8 Å². The highest BCUT2D eigenvalue weighted by atomic mass is 32.1. The first-order valence-corrected chi connectivity index (χ1v) is 12.0. The van der Waals surface area contributed by atoms with Crippen LogP contribution in [0.15, 0.2) is 12.3 Å². The van der Waals surface area contributed by atoms with Crippen molar-refractivity contribution in [2.24, 2.45) is 5.92 Å². The predicted octanol–water partition coefficient (Wildman–Crippen LogP) is 4.18. The summed E-state index contributed by atoms with van der Waals surface area (Å²) >= 11 is 1.63. The number of aliphatic hydroxyl groups is 1. The van der Waals surface area contributed by atoms with Gasteiger partial charge in [0.1, 0.15) is 16.3 Å². The molecule has 8 nitrogen and oxygen atoms in total. The van der Waals surface area contributed by atoms with Gasteiger partial charge >= 0.3 is 0 Å². The molecule has 0 aromatic carbocycles. The molecule has 1 atom stereocenters. The first kappa shape index (κ1) is 22.8. The van der Waals surface area contributed by atoms with E-state index in [2.05, 4.69) is 22.5 Å². The van der Waals surface area contributed by atoms with Crippen molar-refractivity contribution in [3.05, 3.63) is 23.7 Å². The summed E-state index contributed by atoms with van der Waals surface area (Å²) in [5.41, 5.74) is 3.56. The zero-order valence-electron chi connectivity index (χ0n) is 19.2. The zero-order chi connectivity index (χ0) is 22.7. The standard InChI is InChI=1S/C23H32N6O2S/c1-5-16(12-30)6-10-25-20-18(21-27-19-15(3)24-11-7-17(19)32-21)14(2)26-22(28-20)29-23(8-9-23)13-31-4/h7,11,16,30H,5-6,8-10,12-13H2,1-4H3,(H2,25,26,28,29). The lowest BCUT2D eigenvalue weighted by molar-refractivity contribution is 0.179. The number of hydrogen-bond donors (Lipinski definition) is 3. The summed E-state index contributed by atoms with van der Waals surface area (Å²) in [6.45, 7) is 7.64. The van der Waals surface area contributed by atoms with E-state index >= 15 is 0 Å². The van der Waals surface area contributed by atoms with Crippen molar-refractivity contribution in [3.8, 4) is 10.6 Å². The van der Waals surface area contributed by atoms with Gasteiger partial charge in [-0.2, -0.15) is 4.98 Å². The zero-order valence-corrected chi connectivity index (χ0v) is 20.1. The number of anilines is 2. The number of aryl methyl sites for hydroxylation is 2. The molecule has 3 aromatic rings. The number of aliphatic hydroxyl groups excluding tert-OH is 1. The Morgan fingerprint density at radius 3 is 2.69 bits per heavy atom. The number of thiazole rings is 1. The molecule has 1 unspecified atom stereocenters. The van der Waals surface area contributed by atoms with Crippen molar-refractivity contribution in [1.82, 2.24) is 19.9 Å². The van der Waals surface area contributed by atoms with E-state index in [0.29, 0.717) is 12.6 Å². The number of aromatic nitrogens is 4. The molecule has 9 heteroatoms. The SMILES string of the molecule is CCC(CO)CCNc1nc(NC2(COC)CC2)nc(C)c1-c1nc2c(C)nccc2s1. The van der Waals surface area contributed by atoms with E-state index in [9.17, 15) is 5.11 Å². The van der Waals surface area contributed by atoms with Crippen LogP contribution in [0, 0.1) is 19.8 Å². The Kier molecular flexibility index (Phi) is 6.88. The summed E-state index contributed by atoms with van der Waals surface area (Å²) in [4.78, 5) is 18.9. The first-order valence-electron chi connectivity index (χ1n) is 11.2. The fourth-order valence-electron chi connectivity index (χ4n) is 3.89. The van der Waals surface area contributed by atoms with E-state index in [4.69, 9.17) is 19.7 Å². The average Bonchev–Trinajstić information content (AvgIpc) is 3.37. The molecule has 1 saturated carbocycles. The minimum absolute atomic E-state index is 0.0667. The number of hydrogen-bond acceptors (Lipinski definition) is 9. The van der Waals surface area contributed by atoms with Crippen LogP contribution in [-0.2, 0) is 4.74 Å². The number of fused-ring (bicyclic) bond motifs is 1. The molecular formula is C23H32N6O2S. The molecule has 1 fully saturated rings. The minimum Gasteiger partial charge on any atom is -0.396 e. The smallest absolute Gasteiger partial charge is 0.225 e. The Morgan fingerprint density at radius 1 is 1.22 bits per heavy atom. The first-order chi connectivity index (χ1) is 15.5. The molecule has 0 spiro atoms. The van der Waals surface area contributed by atoms with E-state index < -0.39 is 0 Å². The van der Waals surface area contributed by atoms with Crippen LogP contribution in [0.5, 0.6) is 0 Å². The van der Waals surface area contributed by atoms with Gasteiger partial charge in [0.2, 0.25) is 5.95 Å². The summed E-state index contributed by atoms with van der Waals surface area (Å²) in [6, 6.07) is 2.00. The molecule has 172 valence electrons. The van der Waals surface area contributed by atoms with E-state index in [1.54, 1.807) is 18.4 Å². The van der Waals surface area contributed by atoms with Crippen LogP contribution in [-0.4, -0.2) is 57.4 Å². The molecule has 1 aliphatic carbocycles. The lowest BCUT2D eigenvalue weighted by atomic mass is 10.0. The molecule has 3 aromatic heterocycles. The summed E-state index contributed by atoms with van der Waals surface area (Å²) in [6.07, 6.45) is 5.73. The maximum absolute atomic E-state index is 9.55. The van der Waals surface area contributed by atoms with Crippen molar-refractivity contribution in [3.63, 3.8) is 0 Å². The van der Waals surface area contributed by atoms with Gasteiger partial charge in [0.25, 0.3) is 0 Å². The summed E-state index contributed by atoms with van der Waals surface area (Å²) < 4.78 is 6.48. The highest BCUT2D eigenvalue weighted by Gasteiger charge is 2.43. The molecule has 1 aliphatic rings. The van der Waals surface area contributed by atoms with Crippen LogP contribution in [0.4, 0.5) is 11.8 Å². The number of nitrogens with one attached hydrogen (secondary N) is 2. The van der Waals surface area contributed by atoms with Crippen molar-refractivity contribution in [2.75, 3.05) is 37.5 Å². The second-order valence-electron chi connectivity index (χ2n) is 8.63. The number of rotatable bonds is 11. The largest absolute Gasteiger partial charge is 0.396 e. The fourth-order valence-corrected chi connectivity index (χ4v) is 5.00. The summed E-state index contributed by atoms with van der Waals surface area (Å²) in [5.74, 6) is 1.65. The van der Waals surface area contributed by atoms with Gasteiger partial charge in [-0.1, -0.05) is 13.3 Å². The van der Waals surface area contributed by atoms with Crippen LogP contribution in [0.1, 0.15) is 44.0 Å². The molecule has 4 rings (SSSR count). The van der Waals surface area contributed by atoms with Gasteiger partial charge in [-0.3, -0.25) is 4.98 Å². The lowest BCUT2D eigenvalue weighted by Crippen LogP contribution is -2.28. The van der Waals surface area contributed by atoms with Crippen LogP contribution < -0.4 is 10.6 Å². The average molecular weight is 457 g/mol. The van der Waals surface area contributed by atoms with Gasteiger partial charge < -0.3 is 20.5 Å². The van der Waals surface area contributed by atoms with Gasteiger partial charge in [0, 0.05) is 26.5 Å². The second kappa shape index (κ2) is 9.64. The minimum atomic E-state index is -0.0667. The van der Waals surface area contributed by atoms with E-state index in [1.165, 1.54) is 0 Å². The van der Waals surface area contributed by atoms with Crippen molar-refractivity contribution in [1.29, 1.82) is 0 Å². The molecule has 0 bridgehead atoms. The van der Waals surface area contributed by atoms with Crippen molar-refractivity contribution >= 4 is 33.3 Å². The molecule has 3 N–H and O–H groups in total. The van der Waals surface area contributed by atoms with Gasteiger partial charge in [-0.15, -0.1) is 11.3 Å². The number of nitrogens with zero attached hydrogens (tertiary/aromatic N) is 4. The topological polar surface area (TPSA) is 105 Å². The fraction of sp³-hybridized carbons (Fsp3) is 0.565. The maximum Gasteiger partial charge on any atom is 0.225 e. The molecule has 0 amide bonds. The van der Waals surface area contributed by atoms with E-state index in [-0.39, 0.29) is 18.1 Å². The van der Waals surface area contributed by atoms with E-state index in [1.807, 2.05) is 26.1 Å². The third-order valence-electron chi connectivity index (χ3n) is 6.13. The molecule has 0 saturated heterocycles. The second-order valence-corrected chi connectivity index (χ2v) is 9.66. The maximum atomic E-state index is 9.55. The quantitative estimate of drug-likeness (QED) is 0.395. The Morgan fingerprint density at radius 2 is 2.03 bits per heavy atom. The highest BCUT2D eigenvalue weighted by molar-refractivity contribution is 7.21. The van der Waals surface area contributed by atoms with Crippen molar-refractivity contribution in [2.45, 2.75) is 52.0 Å². The van der Waals surface area contributed by atoms with E-state index in [0.717, 1.165) is 70.2 Å². The predicted molar refractivity (Wildman–Crippen MR) is 129 cm³/mol. The molecule has 3 heterocycles. The molecular weight excluding hydrogens is 424 g/mol. The highest BCUT2D eigenvalue weighted by Crippen LogP contribution is 2.40. The Balaban J connectivity index is 1.69. The molecule has 0 radical (unpaired) electrons. The number of pyridine rings is 1.